The fraction of sp³-hybridized carbons (Fsp3) is 0.818. The van der Waals surface area contributed by atoms with Crippen LogP contribution in [0.2, 0.25) is 0 Å². The van der Waals surface area contributed by atoms with Crippen molar-refractivity contribution in [3.8, 4) is 6.07 Å². The third-order valence-corrected chi connectivity index (χ3v) is 3.35. The van der Waals surface area contributed by atoms with Crippen LogP contribution in [-0.2, 0) is 4.79 Å². The molecule has 1 unspecified atom stereocenters. The lowest BCUT2D eigenvalue weighted by Crippen LogP contribution is -2.31. The van der Waals surface area contributed by atoms with Gasteiger partial charge in [-0.2, -0.15) is 5.26 Å². The van der Waals surface area contributed by atoms with Gasteiger partial charge in [0.25, 0.3) is 0 Å². The summed E-state index contributed by atoms with van der Waals surface area (Å²) in [6, 6.07) is 2.23. The molecule has 0 bridgehead atoms. The van der Waals surface area contributed by atoms with E-state index >= 15 is 0 Å². The van der Waals surface area contributed by atoms with Gasteiger partial charge in [0.1, 0.15) is 0 Å². The Hall–Kier alpha value is -1.04. The van der Waals surface area contributed by atoms with Crippen molar-refractivity contribution < 1.29 is 4.79 Å². The minimum atomic E-state index is 0.175. The molecule has 0 N–H and O–H groups in total. The highest BCUT2D eigenvalue weighted by Crippen LogP contribution is 2.49. The maximum atomic E-state index is 11.5. The summed E-state index contributed by atoms with van der Waals surface area (Å²) in [6.07, 6.45) is 3.56. The van der Waals surface area contributed by atoms with E-state index in [1.165, 1.54) is 0 Å². The summed E-state index contributed by atoms with van der Waals surface area (Å²) in [5.41, 5.74) is 0.175. The van der Waals surface area contributed by atoms with Gasteiger partial charge in [0, 0.05) is 31.3 Å². The monoisotopic (exact) mass is 192 g/mol. The highest BCUT2D eigenvalue weighted by atomic mass is 16.2. The zero-order valence-corrected chi connectivity index (χ0v) is 8.62. The van der Waals surface area contributed by atoms with Gasteiger partial charge in [0.15, 0.2) is 0 Å². The van der Waals surface area contributed by atoms with Crippen LogP contribution in [0.3, 0.4) is 0 Å². The Morgan fingerprint density at radius 2 is 2.36 bits per heavy atom. The van der Waals surface area contributed by atoms with E-state index in [2.05, 4.69) is 13.0 Å². The Morgan fingerprint density at radius 1 is 1.64 bits per heavy atom. The largest absolute Gasteiger partial charge is 0.342 e. The van der Waals surface area contributed by atoms with Gasteiger partial charge in [-0.1, -0.05) is 6.92 Å². The van der Waals surface area contributed by atoms with Crippen LogP contribution >= 0.6 is 0 Å². The molecule has 1 amide bonds. The van der Waals surface area contributed by atoms with E-state index < -0.39 is 0 Å². The Labute approximate surface area is 84.7 Å². The number of hydrogen-bond donors (Lipinski definition) is 0. The summed E-state index contributed by atoms with van der Waals surface area (Å²) in [7, 11) is 0. The van der Waals surface area contributed by atoms with Gasteiger partial charge in [-0.25, -0.2) is 0 Å². The van der Waals surface area contributed by atoms with Crippen molar-refractivity contribution in [3.05, 3.63) is 0 Å². The van der Waals surface area contributed by atoms with Crippen molar-refractivity contribution in [2.75, 3.05) is 13.1 Å². The van der Waals surface area contributed by atoms with Crippen molar-refractivity contribution >= 4 is 5.91 Å². The molecule has 3 nitrogen and oxygen atoms in total. The molecule has 2 aliphatic rings. The van der Waals surface area contributed by atoms with Crippen LogP contribution in [0.4, 0.5) is 0 Å². The van der Waals surface area contributed by atoms with Crippen molar-refractivity contribution in [2.24, 2.45) is 11.3 Å². The Morgan fingerprint density at radius 3 is 2.79 bits per heavy atom. The van der Waals surface area contributed by atoms with Gasteiger partial charge in [-0.3, -0.25) is 4.79 Å². The lowest BCUT2D eigenvalue weighted by Gasteiger charge is -2.21. The second kappa shape index (κ2) is 3.27. The third kappa shape index (κ3) is 1.75. The molecule has 2 rings (SSSR count). The predicted octanol–water partition coefficient (Wildman–Crippen LogP) is 1.55. The van der Waals surface area contributed by atoms with E-state index in [1.54, 1.807) is 0 Å². The number of likely N-dealkylation sites (tertiary alicyclic amines) is 1. The zero-order valence-electron chi connectivity index (χ0n) is 8.62. The highest BCUT2D eigenvalue weighted by Gasteiger charge is 2.45. The molecule has 3 heteroatoms. The average molecular weight is 192 g/mol. The Balaban J connectivity index is 1.92. The van der Waals surface area contributed by atoms with E-state index in [1.807, 2.05) is 4.90 Å². The van der Waals surface area contributed by atoms with Crippen LogP contribution in [0.1, 0.15) is 32.6 Å². The van der Waals surface area contributed by atoms with E-state index in [0.29, 0.717) is 18.8 Å². The maximum Gasteiger partial charge on any atom is 0.222 e. The molecule has 76 valence electrons. The van der Waals surface area contributed by atoms with E-state index in [0.717, 1.165) is 25.9 Å². The van der Waals surface area contributed by atoms with Crippen molar-refractivity contribution in [2.45, 2.75) is 32.6 Å². The molecule has 1 heterocycles. The van der Waals surface area contributed by atoms with Crippen molar-refractivity contribution in [1.82, 2.24) is 4.90 Å². The van der Waals surface area contributed by atoms with Crippen LogP contribution in [-0.4, -0.2) is 23.9 Å². The van der Waals surface area contributed by atoms with Gasteiger partial charge in [-0.05, 0) is 18.8 Å². The molecule has 1 saturated carbocycles. The normalized spacial score (nSPS) is 29.0. The fourth-order valence-electron chi connectivity index (χ4n) is 2.26. The first kappa shape index (κ1) is 9.51. The number of nitriles is 1. The quantitative estimate of drug-likeness (QED) is 0.681. The van der Waals surface area contributed by atoms with Crippen LogP contribution in [0.15, 0.2) is 0 Å². The summed E-state index contributed by atoms with van der Waals surface area (Å²) in [5.74, 6) is 0.780. The first-order valence-electron chi connectivity index (χ1n) is 5.30. The number of amides is 1. The molecular formula is C11H16N2O. The molecule has 14 heavy (non-hydrogen) atoms. The van der Waals surface area contributed by atoms with Gasteiger partial charge < -0.3 is 4.90 Å². The average Bonchev–Trinajstić information content (AvgIpc) is 2.77. The predicted molar refractivity (Wildman–Crippen MR) is 52.3 cm³/mol. The van der Waals surface area contributed by atoms with Crippen molar-refractivity contribution in [1.29, 1.82) is 5.26 Å². The lowest BCUT2D eigenvalue weighted by molar-refractivity contribution is -0.128. The second-order valence-corrected chi connectivity index (χ2v) is 4.92. The van der Waals surface area contributed by atoms with Crippen LogP contribution in [0.25, 0.3) is 0 Å². The van der Waals surface area contributed by atoms with Gasteiger partial charge >= 0.3 is 0 Å². The molecule has 2 fully saturated rings. The third-order valence-electron chi connectivity index (χ3n) is 3.35. The maximum absolute atomic E-state index is 11.5. The van der Waals surface area contributed by atoms with Crippen LogP contribution in [0.5, 0.6) is 0 Å². The first-order chi connectivity index (χ1) is 6.65. The van der Waals surface area contributed by atoms with Crippen LogP contribution in [0, 0.1) is 22.7 Å². The molecule has 1 saturated heterocycles. The molecule has 1 aliphatic carbocycles. The van der Waals surface area contributed by atoms with Gasteiger partial charge in [0.2, 0.25) is 5.91 Å². The fourth-order valence-corrected chi connectivity index (χ4v) is 2.26. The minimum absolute atomic E-state index is 0.175. The van der Waals surface area contributed by atoms with Crippen LogP contribution < -0.4 is 0 Å². The number of hydrogen-bond acceptors (Lipinski definition) is 2. The molecule has 0 aromatic heterocycles. The Kier molecular flexibility index (Phi) is 2.22. The number of carbonyl (C=O) groups is 1. The van der Waals surface area contributed by atoms with E-state index in [4.69, 9.17) is 5.26 Å². The lowest BCUT2D eigenvalue weighted by atomic mass is 10.0. The molecule has 0 radical (unpaired) electrons. The van der Waals surface area contributed by atoms with E-state index in [-0.39, 0.29) is 11.3 Å². The topological polar surface area (TPSA) is 44.1 Å². The van der Waals surface area contributed by atoms with E-state index in [9.17, 15) is 4.79 Å². The molecule has 0 aromatic carbocycles. The van der Waals surface area contributed by atoms with Crippen molar-refractivity contribution in [3.63, 3.8) is 0 Å². The summed E-state index contributed by atoms with van der Waals surface area (Å²) < 4.78 is 0. The number of rotatable bonds is 3. The highest BCUT2D eigenvalue weighted by molar-refractivity contribution is 5.78. The standard InChI is InChI=1S/C11H16N2O/c1-9-6-10(14)13(7-9)8-11(2-3-11)4-5-12/h9H,2-4,6-8H2,1H3. The Bertz CT molecular complexity index is 288. The number of carbonyl (C=O) groups excluding carboxylic acids is 1. The zero-order chi connectivity index (χ0) is 10.2. The summed E-state index contributed by atoms with van der Waals surface area (Å²) >= 11 is 0. The number of nitrogens with zero attached hydrogens (tertiary/aromatic N) is 2. The second-order valence-electron chi connectivity index (χ2n) is 4.92. The smallest absolute Gasteiger partial charge is 0.222 e. The van der Waals surface area contributed by atoms with Gasteiger partial charge in [-0.15, -0.1) is 0 Å². The molecular weight excluding hydrogens is 176 g/mol. The first-order valence-corrected chi connectivity index (χ1v) is 5.30. The molecule has 0 aromatic rings. The summed E-state index contributed by atoms with van der Waals surface area (Å²) in [4.78, 5) is 13.5. The molecule has 1 atom stereocenters. The molecule has 1 aliphatic heterocycles. The summed E-state index contributed by atoms with van der Waals surface area (Å²) in [6.45, 7) is 3.83. The molecule has 0 spiro atoms. The van der Waals surface area contributed by atoms with Gasteiger partial charge in [0.05, 0.1) is 6.07 Å². The summed E-state index contributed by atoms with van der Waals surface area (Å²) in [5, 5.41) is 8.68. The SMILES string of the molecule is CC1CC(=O)N(CC2(CC#N)CC2)C1. The minimum Gasteiger partial charge on any atom is -0.342 e.